The highest BCUT2D eigenvalue weighted by atomic mass is 35.5. The predicted molar refractivity (Wildman–Crippen MR) is 88.8 cm³/mol. The summed E-state index contributed by atoms with van der Waals surface area (Å²) in [6, 6.07) is 5.90. The van der Waals surface area contributed by atoms with Gasteiger partial charge in [0.25, 0.3) is 5.91 Å². The van der Waals surface area contributed by atoms with Gasteiger partial charge in [0.05, 0.1) is 0 Å². The lowest BCUT2D eigenvalue weighted by Crippen LogP contribution is -2.53. The van der Waals surface area contributed by atoms with E-state index in [9.17, 15) is 9.59 Å². The normalized spacial score (nSPS) is 12.9. The number of hydrogen-bond donors (Lipinski definition) is 3. The van der Waals surface area contributed by atoms with Crippen molar-refractivity contribution in [1.29, 1.82) is 0 Å². The molecule has 0 fully saturated rings. The van der Waals surface area contributed by atoms with Crippen molar-refractivity contribution in [1.82, 2.24) is 10.6 Å². The molecule has 4 N–H and O–H groups in total. The van der Waals surface area contributed by atoms with Crippen molar-refractivity contribution in [2.75, 3.05) is 6.54 Å². The number of rotatable bonds is 6. The predicted octanol–water partition coefficient (Wildman–Crippen LogP) is 1.95. The number of benzene rings is 1. The van der Waals surface area contributed by atoms with Crippen LogP contribution in [0.15, 0.2) is 24.3 Å². The molecule has 2 amide bonds. The lowest BCUT2D eigenvalue weighted by atomic mass is 10.0. The fourth-order valence-corrected chi connectivity index (χ4v) is 1.91. The number of carbonyl (C=O) groups excluding carboxylic acids is 2. The van der Waals surface area contributed by atoms with Crippen LogP contribution in [0.3, 0.4) is 0 Å². The van der Waals surface area contributed by atoms with Crippen LogP contribution in [-0.4, -0.2) is 29.9 Å². The Bertz CT molecular complexity index is 521. The molecule has 6 heteroatoms. The van der Waals surface area contributed by atoms with Gasteiger partial charge in [-0.3, -0.25) is 9.59 Å². The highest BCUT2D eigenvalue weighted by Gasteiger charge is 2.25. The molecule has 1 unspecified atom stereocenters. The maximum absolute atomic E-state index is 12.2. The van der Waals surface area contributed by atoms with Gasteiger partial charge < -0.3 is 16.4 Å². The van der Waals surface area contributed by atoms with Crippen LogP contribution >= 0.6 is 11.6 Å². The summed E-state index contributed by atoms with van der Waals surface area (Å²) in [5.41, 5.74) is 5.81. The van der Waals surface area contributed by atoms with Gasteiger partial charge in [0.15, 0.2) is 0 Å². The second kappa shape index (κ2) is 7.61. The van der Waals surface area contributed by atoms with Crippen LogP contribution in [0.4, 0.5) is 0 Å². The fourth-order valence-electron chi connectivity index (χ4n) is 1.79. The van der Waals surface area contributed by atoms with E-state index in [0.717, 1.165) is 0 Å². The minimum Gasteiger partial charge on any atom is -0.352 e. The summed E-state index contributed by atoms with van der Waals surface area (Å²) in [6.07, 6.45) is 0. The first-order valence-corrected chi connectivity index (χ1v) is 7.61. The molecule has 0 aliphatic heterocycles. The zero-order valence-electron chi connectivity index (χ0n) is 13.4. The molecule has 0 saturated carbocycles. The number of amides is 2. The molecule has 1 rings (SSSR count). The molecular formula is C16H24ClN3O2. The SMILES string of the molecule is CC(C)C(NC(=O)c1ccc(Cl)cc1)C(=O)NCC(C)(C)N. The van der Waals surface area contributed by atoms with Gasteiger partial charge in [-0.05, 0) is 44.0 Å². The number of hydrogen-bond acceptors (Lipinski definition) is 3. The van der Waals surface area contributed by atoms with E-state index in [0.29, 0.717) is 17.1 Å². The van der Waals surface area contributed by atoms with E-state index in [1.807, 2.05) is 27.7 Å². The Balaban J connectivity index is 2.73. The van der Waals surface area contributed by atoms with Crippen LogP contribution in [0.2, 0.25) is 5.02 Å². The standard InChI is InChI=1S/C16H24ClN3O2/c1-10(2)13(15(22)19-9-16(3,4)18)20-14(21)11-5-7-12(17)8-6-11/h5-8,10,13H,9,18H2,1-4H3,(H,19,22)(H,20,21). The van der Waals surface area contributed by atoms with E-state index >= 15 is 0 Å². The van der Waals surface area contributed by atoms with E-state index < -0.39 is 11.6 Å². The monoisotopic (exact) mass is 325 g/mol. The summed E-state index contributed by atoms with van der Waals surface area (Å²) in [6.45, 7) is 7.74. The Kier molecular flexibility index (Phi) is 6.38. The van der Waals surface area contributed by atoms with Crippen molar-refractivity contribution in [3.05, 3.63) is 34.9 Å². The van der Waals surface area contributed by atoms with Crippen LogP contribution in [0, 0.1) is 5.92 Å². The molecule has 0 radical (unpaired) electrons. The molecule has 0 aliphatic rings. The van der Waals surface area contributed by atoms with Gasteiger partial charge in [-0.2, -0.15) is 0 Å². The van der Waals surface area contributed by atoms with E-state index in [4.69, 9.17) is 17.3 Å². The quantitative estimate of drug-likeness (QED) is 0.747. The maximum Gasteiger partial charge on any atom is 0.251 e. The van der Waals surface area contributed by atoms with Gasteiger partial charge in [-0.15, -0.1) is 0 Å². The highest BCUT2D eigenvalue weighted by Crippen LogP contribution is 2.10. The van der Waals surface area contributed by atoms with Gasteiger partial charge in [-0.25, -0.2) is 0 Å². The first-order chi connectivity index (χ1) is 10.1. The summed E-state index contributed by atoms with van der Waals surface area (Å²) in [4.78, 5) is 24.5. The van der Waals surface area contributed by atoms with Crippen LogP contribution < -0.4 is 16.4 Å². The molecule has 0 bridgehead atoms. The minimum absolute atomic E-state index is 0.0443. The minimum atomic E-state index is -0.620. The Hall–Kier alpha value is -1.59. The van der Waals surface area contributed by atoms with Crippen molar-refractivity contribution in [3.8, 4) is 0 Å². The molecule has 1 aromatic rings. The van der Waals surface area contributed by atoms with E-state index in [-0.39, 0.29) is 17.7 Å². The Morgan fingerprint density at radius 1 is 1.23 bits per heavy atom. The zero-order valence-corrected chi connectivity index (χ0v) is 14.2. The zero-order chi connectivity index (χ0) is 16.9. The van der Waals surface area contributed by atoms with Crippen molar-refractivity contribution in [2.45, 2.75) is 39.3 Å². The largest absolute Gasteiger partial charge is 0.352 e. The lowest BCUT2D eigenvalue weighted by Gasteiger charge is -2.25. The Morgan fingerprint density at radius 2 is 1.77 bits per heavy atom. The number of nitrogens with one attached hydrogen (secondary N) is 2. The van der Waals surface area contributed by atoms with Gasteiger partial charge >= 0.3 is 0 Å². The molecule has 0 saturated heterocycles. The summed E-state index contributed by atoms with van der Waals surface area (Å²) >= 11 is 5.80. The molecule has 0 heterocycles. The third kappa shape index (κ3) is 6.03. The topological polar surface area (TPSA) is 84.2 Å². The van der Waals surface area contributed by atoms with E-state index in [1.54, 1.807) is 24.3 Å². The van der Waals surface area contributed by atoms with Crippen LogP contribution in [0.25, 0.3) is 0 Å². The van der Waals surface area contributed by atoms with Crippen LogP contribution in [-0.2, 0) is 4.79 Å². The maximum atomic E-state index is 12.2. The number of nitrogens with two attached hydrogens (primary N) is 1. The van der Waals surface area contributed by atoms with E-state index in [2.05, 4.69) is 10.6 Å². The van der Waals surface area contributed by atoms with Crippen molar-refractivity contribution in [2.24, 2.45) is 11.7 Å². The summed E-state index contributed by atoms with van der Waals surface area (Å²) in [7, 11) is 0. The Labute approximate surface area is 136 Å². The molecular weight excluding hydrogens is 302 g/mol. The fraction of sp³-hybridized carbons (Fsp3) is 0.500. The molecule has 122 valence electrons. The van der Waals surface area contributed by atoms with Gasteiger partial charge in [0, 0.05) is 22.7 Å². The first-order valence-electron chi connectivity index (χ1n) is 7.23. The summed E-state index contributed by atoms with van der Waals surface area (Å²) < 4.78 is 0. The summed E-state index contributed by atoms with van der Waals surface area (Å²) in [5, 5.41) is 6.08. The molecule has 0 aromatic heterocycles. The smallest absolute Gasteiger partial charge is 0.251 e. The lowest BCUT2D eigenvalue weighted by molar-refractivity contribution is -0.124. The van der Waals surface area contributed by atoms with Crippen molar-refractivity contribution < 1.29 is 9.59 Å². The molecule has 5 nitrogen and oxygen atoms in total. The number of halogens is 1. The van der Waals surface area contributed by atoms with Gasteiger partial charge in [-0.1, -0.05) is 25.4 Å². The van der Waals surface area contributed by atoms with Crippen LogP contribution in [0.5, 0.6) is 0 Å². The molecule has 22 heavy (non-hydrogen) atoms. The molecule has 1 aromatic carbocycles. The third-order valence-electron chi connectivity index (χ3n) is 3.06. The van der Waals surface area contributed by atoms with Crippen molar-refractivity contribution >= 4 is 23.4 Å². The van der Waals surface area contributed by atoms with E-state index in [1.165, 1.54) is 0 Å². The first kappa shape index (κ1) is 18.5. The third-order valence-corrected chi connectivity index (χ3v) is 3.31. The van der Waals surface area contributed by atoms with Crippen molar-refractivity contribution in [3.63, 3.8) is 0 Å². The molecule has 0 spiro atoms. The van der Waals surface area contributed by atoms with Crippen LogP contribution in [0.1, 0.15) is 38.1 Å². The molecule has 1 atom stereocenters. The average molecular weight is 326 g/mol. The van der Waals surface area contributed by atoms with Gasteiger partial charge in [0.2, 0.25) is 5.91 Å². The Morgan fingerprint density at radius 3 is 2.23 bits per heavy atom. The summed E-state index contributed by atoms with van der Waals surface area (Å²) in [5.74, 6) is -0.592. The average Bonchev–Trinajstić information content (AvgIpc) is 2.41. The number of carbonyl (C=O) groups is 2. The highest BCUT2D eigenvalue weighted by molar-refractivity contribution is 6.30. The van der Waals surface area contributed by atoms with Gasteiger partial charge in [0.1, 0.15) is 6.04 Å². The molecule has 0 aliphatic carbocycles. The second-order valence-electron chi connectivity index (χ2n) is 6.41. The second-order valence-corrected chi connectivity index (χ2v) is 6.84.